The summed E-state index contributed by atoms with van der Waals surface area (Å²) in [4.78, 5) is 39.5. The maximum atomic E-state index is 13.2. The third-order valence-corrected chi connectivity index (χ3v) is 5.45. The highest BCUT2D eigenvalue weighted by molar-refractivity contribution is 6.10. The van der Waals surface area contributed by atoms with Crippen LogP contribution in [0.4, 0.5) is 10.5 Å². The molecule has 0 bridgehead atoms. The molecule has 1 fully saturated rings. The van der Waals surface area contributed by atoms with Crippen LogP contribution in [0.3, 0.4) is 0 Å². The molecule has 7 heteroatoms. The first-order valence-corrected chi connectivity index (χ1v) is 9.99. The smallest absolute Gasteiger partial charge is 0.325 e. The van der Waals surface area contributed by atoms with Crippen molar-refractivity contribution < 1.29 is 19.1 Å². The molecule has 0 saturated carbocycles. The van der Waals surface area contributed by atoms with E-state index in [1.165, 1.54) is 0 Å². The second kappa shape index (κ2) is 8.57. The largest absolute Gasteiger partial charge is 0.497 e. The number of carbonyl (C=O) groups is 3. The summed E-state index contributed by atoms with van der Waals surface area (Å²) >= 11 is 0. The van der Waals surface area contributed by atoms with Gasteiger partial charge in [0, 0.05) is 5.69 Å². The molecular formula is C23H27N3O4. The number of methoxy groups -OCH3 is 1. The molecule has 0 unspecified atom stereocenters. The predicted octanol–water partition coefficient (Wildman–Crippen LogP) is 3.61. The Hall–Kier alpha value is -3.35. The lowest BCUT2D eigenvalue weighted by atomic mass is 9.87. The third kappa shape index (κ3) is 3.87. The molecule has 0 radical (unpaired) electrons. The van der Waals surface area contributed by atoms with Gasteiger partial charge in [0.15, 0.2) is 0 Å². The van der Waals surface area contributed by atoms with Crippen LogP contribution in [-0.4, -0.2) is 36.4 Å². The summed E-state index contributed by atoms with van der Waals surface area (Å²) in [7, 11) is 1.56. The van der Waals surface area contributed by atoms with Crippen molar-refractivity contribution in [2.24, 2.45) is 0 Å². The van der Waals surface area contributed by atoms with Crippen molar-refractivity contribution in [1.29, 1.82) is 0 Å². The zero-order chi connectivity index (χ0) is 21.9. The number of nitrogens with zero attached hydrogens (tertiary/aromatic N) is 1. The Morgan fingerprint density at radius 1 is 1.13 bits per heavy atom. The lowest BCUT2D eigenvalue weighted by molar-refractivity contribution is -0.134. The lowest BCUT2D eigenvalue weighted by Gasteiger charge is -2.26. The van der Waals surface area contributed by atoms with Gasteiger partial charge in [0.1, 0.15) is 17.8 Å². The van der Waals surface area contributed by atoms with E-state index < -0.39 is 23.4 Å². The van der Waals surface area contributed by atoms with Crippen LogP contribution in [0.15, 0.2) is 48.5 Å². The van der Waals surface area contributed by atoms with E-state index in [2.05, 4.69) is 10.6 Å². The predicted molar refractivity (Wildman–Crippen MR) is 114 cm³/mol. The standard InChI is InChI=1S/C23H27N3O4/c1-5-23(16-10-12-17(30-4)13-11-16)21(28)26(22(29)25-23)14-20(27)24-19-9-7-6-8-18(19)15(2)3/h6-13,15H,5,14H2,1-4H3,(H,24,27)(H,25,29)/t23-/m1/s1. The van der Waals surface area contributed by atoms with Gasteiger partial charge in [-0.15, -0.1) is 0 Å². The van der Waals surface area contributed by atoms with E-state index in [1.54, 1.807) is 31.4 Å². The number of amides is 4. The Kier molecular flexibility index (Phi) is 6.10. The van der Waals surface area contributed by atoms with Crippen molar-refractivity contribution in [3.05, 3.63) is 59.7 Å². The fraction of sp³-hybridized carbons (Fsp3) is 0.348. The molecule has 7 nitrogen and oxygen atoms in total. The number of benzene rings is 2. The topological polar surface area (TPSA) is 87.7 Å². The molecule has 1 aliphatic rings. The summed E-state index contributed by atoms with van der Waals surface area (Å²) in [5, 5.41) is 5.62. The molecule has 1 atom stereocenters. The Morgan fingerprint density at radius 2 is 1.80 bits per heavy atom. The minimum atomic E-state index is -1.19. The van der Waals surface area contributed by atoms with E-state index in [1.807, 2.05) is 45.0 Å². The van der Waals surface area contributed by atoms with Crippen LogP contribution in [0.1, 0.15) is 44.2 Å². The van der Waals surface area contributed by atoms with Gasteiger partial charge in [-0.3, -0.25) is 14.5 Å². The molecule has 1 saturated heterocycles. The summed E-state index contributed by atoms with van der Waals surface area (Å²) in [6.07, 6.45) is 0.359. The average Bonchev–Trinajstić information content (AvgIpc) is 2.99. The summed E-state index contributed by atoms with van der Waals surface area (Å²) in [5.41, 5.74) is 1.13. The first-order valence-electron chi connectivity index (χ1n) is 9.99. The number of hydrogen-bond donors (Lipinski definition) is 2. The molecule has 0 spiro atoms. The van der Waals surface area contributed by atoms with Gasteiger partial charge in [0.25, 0.3) is 5.91 Å². The fourth-order valence-corrected chi connectivity index (χ4v) is 3.73. The highest BCUT2D eigenvalue weighted by Crippen LogP contribution is 2.33. The molecule has 2 aromatic carbocycles. The molecule has 30 heavy (non-hydrogen) atoms. The number of nitrogens with one attached hydrogen (secondary N) is 2. The summed E-state index contributed by atoms with van der Waals surface area (Å²) < 4.78 is 5.17. The van der Waals surface area contributed by atoms with E-state index in [9.17, 15) is 14.4 Å². The third-order valence-electron chi connectivity index (χ3n) is 5.45. The molecule has 1 heterocycles. The summed E-state index contributed by atoms with van der Waals surface area (Å²) in [6, 6.07) is 13.9. The maximum Gasteiger partial charge on any atom is 0.325 e. The minimum absolute atomic E-state index is 0.223. The number of anilines is 1. The van der Waals surface area contributed by atoms with Gasteiger partial charge in [-0.2, -0.15) is 0 Å². The van der Waals surface area contributed by atoms with Crippen molar-refractivity contribution in [2.75, 3.05) is 19.0 Å². The SMILES string of the molecule is CC[C@]1(c2ccc(OC)cc2)NC(=O)N(CC(=O)Nc2ccccc2C(C)C)C1=O. The Balaban J connectivity index is 1.79. The number of para-hydroxylation sites is 1. The monoisotopic (exact) mass is 409 g/mol. The quantitative estimate of drug-likeness (QED) is 0.684. The van der Waals surface area contributed by atoms with E-state index in [-0.39, 0.29) is 12.5 Å². The molecule has 2 aromatic rings. The molecule has 0 aromatic heterocycles. The molecule has 158 valence electrons. The van der Waals surface area contributed by atoms with Gasteiger partial charge >= 0.3 is 6.03 Å². The summed E-state index contributed by atoms with van der Waals surface area (Å²) in [6.45, 7) is 5.54. The molecule has 2 N–H and O–H groups in total. The highest BCUT2D eigenvalue weighted by atomic mass is 16.5. The van der Waals surface area contributed by atoms with Gasteiger partial charge in [0.2, 0.25) is 5.91 Å². The van der Waals surface area contributed by atoms with Gasteiger partial charge in [-0.1, -0.05) is 51.1 Å². The van der Waals surface area contributed by atoms with Gasteiger partial charge < -0.3 is 15.4 Å². The molecule has 4 amide bonds. The van der Waals surface area contributed by atoms with E-state index in [0.29, 0.717) is 23.4 Å². The van der Waals surface area contributed by atoms with Crippen LogP contribution >= 0.6 is 0 Å². The van der Waals surface area contributed by atoms with E-state index >= 15 is 0 Å². The van der Waals surface area contributed by atoms with Gasteiger partial charge in [0.05, 0.1) is 7.11 Å². The van der Waals surface area contributed by atoms with Crippen molar-refractivity contribution in [3.8, 4) is 5.75 Å². The number of rotatable bonds is 7. The Morgan fingerprint density at radius 3 is 2.40 bits per heavy atom. The van der Waals surface area contributed by atoms with Crippen molar-refractivity contribution in [1.82, 2.24) is 10.2 Å². The van der Waals surface area contributed by atoms with Crippen LogP contribution in [0.25, 0.3) is 0 Å². The second-order valence-corrected chi connectivity index (χ2v) is 7.60. The van der Waals surface area contributed by atoms with Gasteiger partial charge in [-0.25, -0.2) is 4.79 Å². The zero-order valence-electron chi connectivity index (χ0n) is 17.7. The summed E-state index contributed by atoms with van der Waals surface area (Å²) in [5.74, 6) is 0.0172. The second-order valence-electron chi connectivity index (χ2n) is 7.60. The number of ether oxygens (including phenoxy) is 1. The highest BCUT2D eigenvalue weighted by Gasteiger charge is 2.51. The van der Waals surface area contributed by atoms with Crippen LogP contribution in [0.5, 0.6) is 5.75 Å². The number of imide groups is 1. The van der Waals surface area contributed by atoms with Crippen LogP contribution in [0, 0.1) is 0 Å². The van der Waals surface area contributed by atoms with E-state index in [0.717, 1.165) is 10.5 Å². The first-order chi connectivity index (χ1) is 14.3. The molecule has 1 aliphatic heterocycles. The number of hydrogen-bond acceptors (Lipinski definition) is 4. The minimum Gasteiger partial charge on any atom is -0.497 e. The van der Waals surface area contributed by atoms with Crippen molar-refractivity contribution >= 4 is 23.5 Å². The fourth-order valence-electron chi connectivity index (χ4n) is 3.73. The van der Waals surface area contributed by atoms with Gasteiger partial charge in [-0.05, 0) is 41.7 Å². The first kappa shape index (κ1) is 21.4. The van der Waals surface area contributed by atoms with Crippen LogP contribution in [0.2, 0.25) is 0 Å². The molecule has 3 rings (SSSR count). The van der Waals surface area contributed by atoms with Crippen LogP contribution < -0.4 is 15.4 Å². The number of urea groups is 1. The Bertz CT molecular complexity index is 955. The number of carbonyl (C=O) groups excluding carboxylic acids is 3. The molecular weight excluding hydrogens is 382 g/mol. The average molecular weight is 409 g/mol. The normalized spacial score (nSPS) is 18.5. The maximum absolute atomic E-state index is 13.2. The van der Waals surface area contributed by atoms with E-state index in [4.69, 9.17) is 4.74 Å². The van der Waals surface area contributed by atoms with Crippen molar-refractivity contribution in [3.63, 3.8) is 0 Å². The Labute approximate surface area is 176 Å². The van der Waals surface area contributed by atoms with Crippen molar-refractivity contribution in [2.45, 2.75) is 38.6 Å². The zero-order valence-corrected chi connectivity index (χ0v) is 17.7. The molecule has 0 aliphatic carbocycles. The van der Waals surface area contributed by atoms with Crippen LogP contribution in [-0.2, 0) is 15.1 Å². The lowest BCUT2D eigenvalue weighted by Crippen LogP contribution is -2.44.